The summed E-state index contributed by atoms with van der Waals surface area (Å²) in [5, 5.41) is 6.85. The van der Waals surface area contributed by atoms with Crippen molar-refractivity contribution in [2.45, 2.75) is 40.2 Å². The number of thiophene rings is 1. The Morgan fingerprint density at radius 1 is 1.07 bits per heavy atom. The molecule has 4 heterocycles. The lowest BCUT2D eigenvalue weighted by Gasteiger charge is -2.11. The van der Waals surface area contributed by atoms with E-state index < -0.39 is 0 Å². The normalized spacial score (nSPS) is 11.2. The van der Waals surface area contributed by atoms with E-state index in [9.17, 15) is 0 Å². The van der Waals surface area contributed by atoms with Gasteiger partial charge >= 0.3 is 6.01 Å². The van der Waals surface area contributed by atoms with Crippen LogP contribution in [-0.2, 0) is 13.0 Å². The zero-order chi connectivity index (χ0) is 21.1. The van der Waals surface area contributed by atoms with Gasteiger partial charge in [0, 0.05) is 16.1 Å². The highest BCUT2D eigenvalue weighted by Crippen LogP contribution is 2.25. The van der Waals surface area contributed by atoms with Crippen LogP contribution >= 0.6 is 34.3 Å². The molecular weight excluding hydrogens is 438 g/mol. The fourth-order valence-corrected chi connectivity index (χ4v) is 4.82. The van der Waals surface area contributed by atoms with Gasteiger partial charge in [-0.2, -0.15) is 9.97 Å². The maximum Gasteiger partial charge on any atom is 0.319 e. The molecule has 0 aliphatic rings. The number of anilines is 1. The topological polar surface area (TPSA) is 72.8 Å². The van der Waals surface area contributed by atoms with Crippen LogP contribution in [0.1, 0.15) is 33.3 Å². The van der Waals surface area contributed by atoms with Crippen LogP contribution in [0.5, 0.6) is 6.01 Å². The highest BCUT2D eigenvalue weighted by molar-refractivity contribution is 7.17. The van der Waals surface area contributed by atoms with E-state index in [0.29, 0.717) is 24.1 Å². The number of fused-ring (bicyclic) bond motifs is 1. The number of pyridine rings is 1. The minimum Gasteiger partial charge on any atom is -0.463 e. The molecule has 0 amide bonds. The smallest absolute Gasteiger partial charge is 0.319 e. The third kappa shape index (κ3) is 4.88. The van der Waals surface area contributed by atoms with Gasteiger partial charge in [-0.25, -0.2) is 4.98 Å². The van der Waals surface area contributed by atoms with E-state index in [4.69, 9.17) is 16.3 Å². The average Bonchev–Trinajstić information content (AvgIpc) is 3.31. The van der Waals surface area contributed by atoms with E-state index in [0.717, 1.165) is 40.3 Å². The van der Waals surface area contributed by atoms with Gasteiger partial charge in [0.25, 0.3) is 0 Å². The van der Waals surface area contributed by atoms with Gasteiger partial charge in [-0.1, -0.05) is 11.6 Å². The first-order valence-electron chi connectivity index (χ1n) is 9.66. The Morgan fingerprint density at radius 2 is 1.93 bits per heavy atom. The summed E-state index contributed by atoms with van der Waals surface area (Å²) in [6.45, 7) is 7.05. The molecule has 30 heavy (non-hydrogen) atoms. The number of aromatic nitrogens is 4. The molecule has 0 fully saturated rings. The zero-order valence-corrected chi connectivity index (χ0v) is 19.4. The van der Waals surface area contributed by atoms with Gasteiger partial charge in [-0.15, -0.1) is 22.7 Å². The van der Waals surface area contributed by atoms with Crippen LogP contribution in [0.25, 0.3) is 10.2 Å². The highest BCUT2D eigenvalue weighted by atomic mass is 35.5. The third-order valence-electron chi connectivity index (χ3n) is 4.65. The Labute approximate surface area is 188 Å². The molecule has 0 unspecified atom stereocenters. The minimum atomic E-state index is 0.284. The number of rotatable bonds is 8. The monoisotopic (exact) mass is 459 g/mol. The fourth-order valence-electron chi connectivity index (χ4n) is 3.06. The maximum absolute atomic E-state index is 6.30. The summed E-state index contributed by atoms with van der Waals surface area (Å²) in [5.74, 6) is 0.681. The van der Waals surface area contributed by atoms with E-state index >= 15 is 0 Å². The van der Waals surface area contributed by atoms with Gasteiger partial charge in [0.05, 0.1) is 34.1 Å². The SMILES string of the molecule is Cc1nc(C)c(CNc2nc(OCCCc3ccc4sccc4n3)nc(Cl)c2C)s1. The summed E-state index contributed by atoms with van der Waals surface area (Å²) in [6.07, 6.45) is 1.65. The zero-order valence-electron chi connectivity index (χ0n) is 17.0. The van der Waals surface area contributed by atoms with Gasteiger partial charge in [0.1, 0.15) is 11.0 Å². The molecule has 0 aromatic carbocycles. The van der Waals surface area contributed by atoms with Crippen molar-refractivity contribution in [3.8, 4) is 6.01 Å². The van der Waals surface area contributed by atoms with Crippen LogP contribution in [0.4, 0.5) is 5.82 Å². The first-order valence-corrected chi connectivity index (χ1v) is 11.7. The number of halogens is 1. The number of hydrogen-bond acceptors (Lipinski definition) is 8. The number of thiazole rings is 1. The number of aryl methyl sites for hydroxylation is 3. The van der Waals surface area contributed by atoms with E-state index in [1.165, 1.54) is 9.58 Å². The van der Waals surface area contributed by atoms with E-state index in [1.54, 1.807) is 22.7 Å². The molecule has 0 spiro atoms. The van der Waals surface area contributed by atoms with Crippen LogP contribution < -0.4 is 10.1 Å². The standard InChI is InChI=1S/C21H22ClN5OS2/c1-12-19(22)26-21(27-20(12)23-11-18-13(2)24-14(3)30-18)28-9-4-5-15-6-7-17-16(25-15)8-10-29-17/h6-8,10H,4-5,9,11H2,1-3H3,(H,23,26,27). The van der Waals surface area contributed by atoms with Crippen molar-refractivity contribution in [3.63, 3.8) is 0 Å². The molecule has 4 aromatic rings. The third-order valence-corrected chi connectivity index (χ3v) is 6.97. The quantitative estimate of drug-likeness (QED) is 0.267. The van der Waals surface area contributed by atoms with Crippen LogP contribution in [0, 0.1) is 20.8 Å². The van der Waals surface area contributed by atoms with Crippen LogP contribution in [0.3, 0.4) is 0 Å². The molecule has 0 bridgehead atoms. The molecule has 0 radical (unpaired) electrons. The second kappa shape index (κ2) is 9.24. The molecule has 0 saturated heterocycles. The minimum absolute atomic E-state index is 0.284. The highest BCUT2D eigenvalue weighted by Gasteiger charge is 2.12. The van der Waals surface area contributed by atoms with Crippen LogP contribution in [0.2, 0.25) is 5.15 Å². The van der Waals surface area contributed by atoms with Crippen molar-refractivity contribution in [2.75, 3.05) is 11.9 Å². The summed E-state index contributed by atoms with van der Waals surface area (Å²) in [4.78, 5) is 19.1. The van der Waals surface area contributed by atoms with Crippen molar-refractivity contribution in [1.82, 2.24) is 19.9 Å². The van der Waals surface area contributed by atoms with Crippen LogP contribution in [0.15, 0.2) is 23.6 Å². The molecule has 0 aliphatic heterocycles. The lowest BCUT2D eigenvalue weighted by atomic mass is 10.2. The summed E-state index contributed by atoms with van der Waals surface area (Å²) >= 11 is 9.68. The Bertz CT molecular complexity index is 1170. The van der Waals surface area contributed by atoms with Crippen molar-refractivity contribution in [3.05, 3.63) is 55.6 Å². The van der Waals surface area contributed by atoms with Gasteiger partial charge in [0.2, 0.25) is 0 Å². The number of hydrogen-bond donors (Lipinski definition) is 1. The second-order valence-corrected chi connectivity index (χ2v) is 9.52. The molecule has 1 N–H and O–H groups in total. The first-order chi connectivity index (χ1) is 14.5. The summed E-state index contributed by atoms with van der Waals surface area (Å²) in [6, 6.07) is 6.53. The second-order valence-electron chi connectivity index (χ2n) is 6.92. The van der Waals surface area contributed by atoms with Gasteiger partial charge in [-0.3, -0.25) is 4.98 Å². The molecule has 0 atom stereocenters. The molecule has 4 rings (SSSR count). The van der Waals surface area contributed by atoms with E-state index in [1.807, 2.05) is 26.8 Å². The Morgan fingerprint density at radius 3 is 2.73 bits per heavy atom. The number of nitrogens with one attached hydrogen (secondary N) is 1. The fraction of sp³-hybridized carbons (Fsp3) is 0.333. The molecule has 4 aromatic heterocycles. The van der Waals surface area contributed by atoms with Gasteiger partial charge in [-0.05, 0) is 57.2 Å². The van der Waals surface area contributed by atoms with Gasteiger partial charge in [0.15, 0.2) is 0 Å². The Balaban J connectivity index is 1.34. The van der Waals surface area contributed by atoms with Crippen molar-refractivity contribution in [1.29, 1.82) is 0 Å². The van der Waals surface area contributed by atoms with E-state index in [-0.39, 0.29) is 6.01 Å². The Kier molecular flexibility index (Phi) is 6.46. The molecule has 0 aliphatic carbocycles. The summed E-state index contributed by atoms with van der Waals surface area (Å²) in [5.41, 5.74) is 3.95. The first kappa shape index (κ1) is 21.0. The van der Waals surface area contributed by atoms with Crippen molar-refractivity contribution < 1.29 is 4.74 Å². The van der Waals surface area contributed by atoms with E-state index in [2.05, 4.69) is 42.8 Å². The predicted octanol–water partition coefficient (Wildman–Crippen LogP) is 5.75. The predicted molar refractivity (Wildman–Crippen MR) is 124 cm³/mol. The maximum atomic E-state index is 6.30. The average molecular weight is 460 g/mol. The molecule has 156 valence electrons. The largest absolute Gasteiger partial charge is 0.463 e. The molecule has 6 nitrogen and oxygen atoms in total. The lowest BCUT2D eigenvalue weighted by Crippen LogP contribution is -2.08. The van der Waals surface area contributed by atoms with Crippen molar-refractivity contribution in [2.24, 2.45) is 0 Å². The Hall–Kier alpha value is -2.29. The number of ether oxygens (including phenoxy) is 1. The molecule has 0 saturated carbocycles. The van der Waals surface area contributed by atoms with Gasteiger partial charge < -0.3 is 10.1 Å². The summed E-state index contributed by atoms with van der Waals surface area (Å²) in [7, 11) is 0. The van der Waals surface area contributed by atoms with Crippen molar-refractivity contribution >= 4 is 50.3 Å². The van der Waals surface area contributed by atoms with Crippen LogP contribution in [-0.4, -0.2) is 26.5 Å². The lowest BCUT2D eigenvalue weighted by molar-refractivity contribution is 0.286. The molecule has 9 heteroatoms. The summed E-state index contributed by atoms with van der Waals surface area (Å²) < 4.78 is 6.98. The number of nitrogens with zero attached hydrogens (tertiary/aromatic N) is 4. The molecular formula is C21H22ClN5OS2.